The lowest BCUT2D eigenvalue weighted by molar-refractivity contribution is 0.895. The van der Waals surface area contributed by atoms with E-state index in [1.54, 1.807) is 4.52 Å². The topological polar surface area (TPSA) is 47.5 Å². The van der Waals surface area contributed by atoms with Gasteiger partial charge in [0.15, 0.2) is 5.82 Å². The highest BCUT2D eigenvalue weighted by Crippen LogP contribution is 2.24. The third kappa shape index (κ3) is 1.45. The summed E-state index contributed by atoms with van der Waals surface area (Å²) in [6.07, 6.45) is 1.82. The van der Waals surface area contributed by atoms with Crippen molar-refractivity contribution in [2.45, 2.75) is 0 Å². The molecule has 5 rings (SSSR count). The number of nitrogens with zero attached hydrogens (tertiary/aromatic N) is 5. The van der Waals surface area contributed by atoms with Crippen molar-refractivity contribution in [1.82, 2.24) is 24.2 Å². The lowest BCUT2D eigenvalue weighted by atomic mass is 10.2. The highest BCUT2D eigenvalue weighted by atomic mass is 15.4. The summed E-state index contributed by atoms with van der Waals surface area (Å²) in [7, 11) is 0. The molecule has 104 valence electrons. The van der Waals surface area contributed by atoms with E-state index in [0.29, 0.717) is 0 Å². The van der Waals surface area contributed by atoms with Gasteiger partial charge in [-0.25, -0.2) is 0 Å². The Balaban J connectivity index is 1.89. The molecular formula is C17H11N5. The minimum absolute atomic E-state index is 0.753. The number of aromatic nitrogens is 5. The Morgan fingerprint density at radius 1 is 0.773 bits per heavy atom. The maximum absolute atomic E-state index is 4.52. The van der Waals surface area contributed by atoms with E-state index in [4.69, 9.17) is 0 Å². The van der Waals surface area contributed by atoms with Gasteiger partial charge < -0.3 is 0 Å². The quantitative estimate of drug-likeness (QED) is 0.475. The van der Waals surface area contributed by atoms with Crippen LogP contribution >= 0.6 is 0 Å². The van der Waals surface area contributed by atoms with Crippen molar-refractivity contribution >= 4 is 22.1 Å². The molecule has 3 heterocycles. The molecule has 5 heteroatoms. The summed E-state index contributed by atoms with van der Waals surface area (Å²) in [5.41, 5.74) is 3.89. The Labute approximate surface area is 125 Å². The molecule has 3 aromatic heterocycles. The molecule has 5 aromatic rings. The standard InChI is InChI=1S/C17H11N5/c1-2-6-12(7-3-1)16-19-20-17-15-10-13-8-4-5-9-14(13)21(15)11-18-22(16)17/h1-11H. The van der Waals surface area contributed by atoms with Crippen LogP contribution in [0.25, 0.3) is 33.5 Å². The van der Waals surface area contributed by atoms with Crippen LogP contribution in [0, 0.1) is 0 Å². The molecular weight excluding hydrogens is 274 g/mol. The van der Waals surface area contributed by atoms with Crippen LogP contribution in [-0.4, -0.2) is 24.2 Å². The average Bonchev–Trinajstić information content (AvgIpc) is 3.16. The minimum atomic E-state index is 0.753. The molecule has 0 spiro atoms. The molecule has 0 aliphatic carbocycles. The molecule has 22 heavy (non-hydrogen) atoms. The predicted octanol–water partition coefficient (Wildman–Crippen LogP) is 3.20. The maximum atomic E-state index is 4.52. The van der Waals surface area contributed by atoms with Crippen LogP contribution in [-0.2, 0) is 0 Å². The highest BCUT2D eigenvalue weighted by Gasteiger charge is 2.13. The number of benzene rings is 2. The van der Waals surface area contributed by atoms with Gasteiger partial charge in [0, 0.05) is 10.9 Å². The van der Waals surface area contributed by atoms with Crippen LogP contribution in [0.3, 0.4) is 0 Å². The van der Waals surface area contributed by atoms with Crippen LogP contribution in [0.1, 0.15) is 0 Å². The average molecular weight is 285 g/mol. The van der Waals surface area contributed by atoms with Crippen molar-refractivity contribution in [3.8, 4) is 11.4 Å². The Morgan fingerprint density at radius 3 is 2.50 bits per heavy atom. The summed E-state index contributed by atoms with van der Waals surface area (Å²) in [5, 5.41) is 14.4. The molecule has 0 unspecified atom stereocenters. The van der Waals surface area contributed by atoms with Crippen molar-refractivity contribution in [3.05, 3.63) is 67.0 Å². The van der Waals surface area contributed by atoms with Gasteiger partial charge in [-0.15, -0.1) is 10.2 Å². The van der Waals surface area contributed by atoms with Crippen molar-refractivity contribution in [3.63, 3.8) is 0 Å². The normalized spacial score (nSPS) is 11.6. The van der Waals surface area contributed by atoms with Crippen molar-refractivity contribution in [2.75, 3.05) is 0 Å². The SMILES string of the molecule is c1ccc(-c2nnc3c4cc5ccccc5n4cnn23)cc1. The van der Waals surface area contributed by atoms with E-state index in [-0.39, 0.29) is 0 Å². The van der Waals surface area contributed by atoms with Gasteiger partial charge in [-0.2, -0.15) is 9.61 Å². The molecule has 5 nitrogen and oxygen atoms in total. The van der Waals surface area contributed by atoms with E-state index in [1.165, 1.54) is 5.39 Å². The van der Waals surface area contributed by atoms with Crippen LogP contribution in [0.2, 0.25) is 0 Å². The van der Waals surface area contributed by atoms with Crippen LogP contribution < -0.4 is 0 Å². The lowest BCUT2D eigenvalue weighted by Gasteiger charge is -2.00. The smallest absolute Gasteiger partial charge is 0.202 e. The molecule has 0 fully saturated rings. The fourth-order valence-corrected chi connectivity index (χ4v) is 2.89. The second-order valence-electron chi connectivity index (χ2n) is 5.21. The summed E-state index contributed by atoms with van der Waals surface area (Å²) in [4.78, 5) is 0. The summed E-state index contributed by atoms with van der Waals surface area (Å²) in [5.74, 6) is 0.753. The summed E-state index contributed by atoms with van der Waals surface area (Å²) in [6.45, 7) is 0. The molecule has 0 amide bonds. The van der Waals surface area contributed by atoms with E-state index in [9.17, 15) is 0 Å². The molecule has 0 N–H and O–H groups in total. The Bertz CT molecular complexity index is 1120. The van der Waals surface area contributed by atoms with Gasteiger partial charge >= 0.3 is 0 Å². The largest absolute Gasteiger partial charge is 0.295 e. The maximum Gasteiger partial charge on any atom is 0.202 e. The summed E-state index contributed by atoms with van der Waals surface area (Å²) < 4.78 is 3.84. The second-order valence-corrected chi connectivity index (χ2v) is 5.21. The van der Waals surface area contributed by atoms with Crippen molar-refractivity contribution in [1.29, 1.82) is 0 Å². The molecule has 0 radical (unpaired) electrons. The van der Waals surface area contributed by atoms with Gasteiger partial charge in [-0.3, -0.25) is 4.40 Å². The number of hydrogen-bond acceptors (Lipinski definition) is 3. The number of hydrogen-bond donors (Lipinski definition) is 0. The Morgan fingerprint density at radius 2 is 1.59 bits per heavy atom. The molecule has 0 saturated carbocycles. The Kier molecular flexibility index (Phi) is 2.16. The minimum Gasteiger partial charge on any atom is -0.295 e. The van der Waals surface area contributed by atoms with E-state index < -0.39 is 0 Å². The first-order valence-corrected chi connectivity index (χ1v) is 7.07. The predicted molar refractivity (Wildman–Crippen MR) is 84.7 cm³/mol. The number of rotatable bonds is 1. The third-order valence-electron chi connectivity index (χ3n) is 3.93. The molecule has 0 atom stereocenters. The van der Waals surface area contributed by atoms with Gasteiger partial charge in [-0.05, 0) is 12.1 Å². The summed E-state index contributed by atoms with van der Waals surface area (Å²) >= 11 is 0. The zero-order chi connectivity index (χ0) is 14.5. The first kappa shape index (κ1) is 11.4. The van der Waals surface area contributed by atoms with Crippen molar-refractivity contribution in [2.24, 2.45) is 0 Å². The monoisotopic (exact) mass is 285 g/mol. The first-order valence-electron chi connectivity index (χ1n) is 7.07. The van der Waals surface area contributed by atoms with E-state index >= 15 is 0 Å². The third-order valence-corrected chi connectivity index (χ3v) is 3.93. The van der Waals surface area contributed by atoms with Gasteiger partial charge in [0.05, 0.1) is 11.0 Å². The van der Waals surface area contributed by atoms with Crippen molar-refractivity contribution < 1.29 is 0 Å². The second kappa shape index (κ2) is 4.14. The zero-order valence-electron chi connectivity index (χ0n) is 11.6. The van der Waals surface area contributed by atoms with Gasteiger partial charge in [0.1, 0.15) is 6.33 Å². The van der Waals surface area contributed by atoms with E-state index in [1.807, 2.05) is 53.2 Å². The van der Waals surface area contributed by atoms with E-state index in [0.717, 1.165) is 28.1 Å². The zero-order valence-corrected chi connectivity index (χ0v) is 11.6. The first-order chi connectivity index (χ1) is 10.9. The molecule has 2 aromatic carbocycles. The van der Waals surface area contributed by atoms with E-state index in [2.05, 4.69) is 33.5 Å². The van der Waals surface area contributed by atoms with Crippen LogP contribution in [0.15, 0.2) is 67.0 Å². The van der Waals surface area contributed by atoms with Gasteiger partial charge in [0.25, 0.3) is 0 Å². The van der Waals surface area contributed by atoms with Crippen LogP contribution in [0.5, 0.6) is 0 Å². The Hall–Kier alpha value is -3.21. The molecule has 0 aliphatic heterocycles. The van der Waals surface area contributed by atoms with Gasteiger partial charge in [0.2, 0.25) is 5.65 Å². The molecule has 0 bridgehead atoms. The summed E-state index contributed by atoms with van der Waals surface area (Å²) in [6, 6.07) is 20.3. The molecule has 0 aliphatic rings. The fourth-order valence-electron chi connectivity index (χ4n) is 2.89. The highest BCUT2D eigenvalue weighted by molar-refractivity contribution is 5.91. The number of para-hydroxylation sites is 1. The number of fused-ring (bicyclic) bond motifs is 5. The lowest BCUT2D eigenvalue weighted by Crippen LogP contribution is -1.98. The van der Waals surface area contributed by atoms with Gasteiger partial charge in [-0.1, -0.05) is 48.5 Å². The fraction of sp³-hybridized carbons (Fsp3) is 0. The van der Waals surface area contributed by atoms with Crippen LogP contribution in [0.4, 0.5) is 0 Å². The molecule has 0 saturated heterocycles.